The average molecular weight is 526 g/mol. The summed E-state index contributed by atoms with van der Waals surface area (Å²) in [5.74, 6) is -1.43. The number of anilines is 2. The van der Waals surface area contributed by atoms with Crippen LogP contribution in [0.1, 0.15) is 20.8 Å². The zero-order chi connectivity index (χ0) is 24.6. The maximum atomic E-state index is 13.5. The molecule has 0 radical (unpaired) electrons. The van der Waals surface area contributed by atoms with Crippen molar-refractivity contribution in [2.24, 2.45) is 5.73 Å². The van der Waals surface area contributed by atoms with Crippen molar-refractivity contribution in [3.05, 3.63) is 63.5 Å². The molecule has 1 aliphatic rings. The minimum Gasteiger partial charge on any atom is -0.364 e. The van der Waals surface area contributed by atoms with Crippen molar-refractivity contribution in [3.63, 3.8) is 0 Å². The van der Waals surface area contributed by atoms with Crippen LogP contribution in [0.15, 0.2) is 36.4 Å². The number of aromatic nitrogens is 3. The normalized spacial score (nSPS) is 15.2. The number of carbonyl (C=O) groups is 2. The minimum atomic E-state index is -2.60. The first-order valence-electron chi connectivity index (χ1n) is 9.86. The Bertz CT molecular complexity index is 1360. The van der Waals surface area contributed by atoms with Crippen LogP contribution >= 0.6 is 23.2 Å². The summed E-state index contributed by atoms with van der Waals surface area (Å²) in [5.41, 5.74) is 6.18. The molecular formula is C20H18Cl2FN7O3S. The van der Waals surface area contributed by atoms with Gasteiger partial charge < -0.3 is 16.0 Å². The summed E-state index contributed by atoms with van der Waals surface area (Å²) in [7, 11) is -2.60. The Labute approximate surface area is 203 Å². The lowest BCUT2D eigenvalue weighted by molar-refractivity contribution is 0.0770. The monoisotopic (exact) mass is 525 g/mol. The van der Waals surface area contributed by atoms with Crippen molar-refractivity contribution in [1.82, 2.24) is 19.9 Å². The van der Waals surface area contributed by atoms with Crippen molar-refractivity contribution >= 4 is 56.3 Å². The third kappa shape index (κ3) is 4.98. The summed E-state index contributed by atoms with van der Waals surface area (Å²) in [6.45, 7) is 0.529. The first-order chi connectivity index (χ1) is 16.0. The van der Waals surface area contributed by atoms with Gasteiger partial charge in [-0.3, -0.25) is 14.4 Å². The van der Waals surface area contributed by atoms with Crippen molar-refractivity contribution in [3.8, 4) is 5.69 Å². The van der Waals surface area contributed by atoms with E-state index in [0.29, 0.717) is 11.3 Å². The molecule has 3 aromatic rings. The fourth-order valence-electron chi connectivity index (χ4n) is 3.33. The van der Waals surface area contributed by atoms with Crippen LogP contribution in [0.4, 0.5) is 15.9 Å². The Morgan fingerprint density at radius 2 is 1.68 bits per heavy atom. The number of primary amides is 1. The smallest absolute Gasteiger partial charge is 0.273 e. The maximum absolute atomic E-state index is 13.5. The fraction of sp³-hybridized carbons (Fsp3) is 0.200. The molecule has 0 bridgehead atoms. The highest BCUT2D eigenvalue weighted by Gasteiger charge is 2.24. The highest BCUT2D eigenvalue weighted by molar-refractivity contribution is 7.92. The number of nitrogens with one attached hydrogen (secondary N) is 2. The van der Waals surface area contributed by atoms with Gasteiger partial charge in [0.1, 0.15) is 11.5 Å². The van der Waals surface area contributed by atoms with Crippen molar-refractivity contribution < 1.29 is 18.2 Å². The van der Waals surface area contributed by atoms with E-state index >= 15 is 0 Å². The minimum absolute atomic E-state index is 0.00396. The molecule has 14 heteroatoms. The number of hydrogen-bond donors (Lipinski definition) is 3. The van der Waals surface area contributed by atoms with Gasteiger partial charge in [0.05, 0.1) is 10.0 Å². The molecule has 0 saturated carbocycles. The van der Waals surface area contributed by atoms with Crippen molar-refractivity contribution in [2.75, 3.05) is 29.9 Å². The van der Waals surface area contributed by atoms with E-state index in [1.54, 1.807) is 29.2 Å². The van der Waals surface area contributed by atoms with Crippen LogP contribution in [-0.2, 0) is 9.73 Å². The number of hydrogen-bond acceptors (Lipinski definition) is 7. The van der Waals surface area contributed by atoms with Crippen LogP contribution in [0, 0.1) is 10.6 Å². The highest BCUT2D eigenvalue weighted by Crippen LogP contribution is 2.30. The summed E-state index contributed by atoms with van der Waals surface area (Å²) in [6, 6.07) is 8.44. The predicted octanol–water partition coefficient (Wildman–Crippen LogP) is 3.06. The zero-order valence-electron chi connectivity index (χ0n) is 17.4. The van der Waals surface area contributed by atoms with E-state index in [4.69, 9.17) is 33.7 Å². The van der Waals surface area contributed by atoms with Gasteiger partial charge in [0.15, 0.2) is 11.5 Å². The molecule has 0 atom stereocenters. The molecule has 0 unspecified atom stereocenters. The number of nitrogens with two attached hydrogens (primary N) is 1. The van der Waals surface area contributed by atoms with E-state index in [0.717, 1.165) is 16.9 Å². The molecule has 1 aromatic heterocycles. The highest BCUT2D eigenvalue weighted by atomic mass is 35.5. The summed E-state index contributed by atoms with van der Waals surface area (Å²) in [4.78, 5) is 27.1. The standard InChI is InChI=1S/C20H18Cl2FN7O3S/c21-14-9-12(23)10-15(22)17(14)30-27-16(18(24)31)19(28-30)26-13-3-1-11(2-4-13)20(32)29-5-7-34(25,33)8-6-29/h1-4,9-10,25H,5-8H2,(H2,24,31)(H,26,28). The number of halogens is 3. The van der Waals surface area contributed by atoms with Gasteiger partial charge in [0, 0.05) is 45.6 Å². The van der Waals surface area contributed by atoms with Crippen LogP contribution in [0.5, 0.6) is 0 Å². The Morgan fingerprint density at radius 3 is 2.24 bits per heavy atom. The molecule has 4 rings (SSSR count). The van der Waals surface area contributed by atoms with Crippen LogP contribution in [0.3, 0.4) is 0 Å². The third-order valence-electron chi connectivity index (χ3n) is 5.09. The van der Waals surface area contributed by atoms with Crippen molar-refractivity contribution in [1.29, 1.82) is 4.78 Å². The number of carbonyl (C=O) groups excluding carboxylic acids is 2. The van der Waals surface area contributed by atoms with Crippen LogP contribution in [0.25, 0.3) is 5.69 Å². The Hall–Kier alpha value is -3.22. The van der Waals surface area contributed by atoms with E-state index in [9.17, 15) is 18.2 Å². The molecule has 1 aliphatic heterocycles. The quantitative estimate of drug-likeness (QED) is 0.466. The van der Waals surface area contributed by atoms with E-state index in [-0.39, 0.29) is 57.7 Å². The first-order valence-corrected chi connectivity index (χ1v) is 12.5. The number of amides is 2. The fourth-order valence-corrected chi connectivity index (χ4v) is 5.18. The molecule has 0 spiro atoms. The number of rotatable bonds is 5. The molecule has 10 nitrogen and oxygen atoms in total. The number of benzene rings is 2. The largest absolute Gasteiger partial charge is 0.364 e. The van der Waals surface area contributed by atoms with Gasteiger partial charge in [-0.15, -0.1) is 15.0 Å². The van der Waals surface area contributed by atoms with E-state index in [1.165, 1.54) is 0 Å². The Balaban J connectivity index is 1.56. The summed E-state index contributed by atoms with van der Waals surface area (Å²) >= 11 is 12.1. The lowest BCUT2D eigenvalue weighted by atomic mass is 10.1. The van der Waals surface area contributed by atoms with Gasteiger partial charge in [-0.25, -0.2) is 8.60 Å². The van der Waals surface area contributed by atoms with E-state index < -0.39 is 21.5 Å². The molecule has 1 fully saturated rings. The second-order valence-corrected chi connectivity index (χ2v) is 10.7. The van der Waals surface area contributed by atoms with Gasteiger partial charge in [-0.1, -0.05) is 23.2 Å². The molecule has 34 heavy (non-hydrogen) atoms. The third-order valence-corrected chi connectivity index (χ3v) is 7.35. The predicted molar refractivity (Wildman–Crippen MR) is 126 cm³/mol. The van der Waals surface area contributed by atoms with Gasteiger partial charge in [-0.2, -0.15) is 0 Å². The van der Waals surface area contributed by atoms with Gasteiger partial charge in [0.2, 0.25) is 0 Å². The van der Waals surface area contributed by atoms with E-state index in [2.05, 4.69) is 15.5 Å². The lowest BCUT2D eigenvalue weighted by Gasteiger charge is -2.28. The van der Waals surface area contributed by atoms with Crippen LogP contribution < -0.4 is 11.1 Å². The summed E-state index contributed by atoms with van der Waals surface area (Å²) in [5, 5.41) is 11.0. The average Bonchev–Trinajstić information content (AvgIpc) is 3.16. The van der Waals surface area contributed by atoms with Crippen LogP contribution in [0.2, 0.25) is 10.0 Å². The second kappa shape index (κ2) is 9.20. The topological polar surface area (TPSA) is 147 Å². The molecule has 178 valence electrons. The maximum Gasteiger partial charge on any atom is 0.273 e. The van der Waals surface area contributed by atoms with Gasteiger partial charge >= 0.3 is 0 Å². The molecule has 2 heterocycles. The number of nitrogens with zero attached hydrogens (tertiary/aromatic N) is 4. The van der Waals surface area contributed by atoms with Gasteiger partial charge in [-0.05, 0) is 36.4 Å². The van der Waals surface area contributed by atoms with Crippen molar-refractivity contribution in [2.45, 2.75) is 0 Å². The SMILES string of the molecule is N=S1(=O)CCN(C(=O)c2ccc(Nc3nn(-c4c(Cl)cc(F)cc4Cl)nc3C(N)=O)cc2)CC1. The molecule has 4 N–H and O–H groups in total. The molecule has 2 amide bonds. The molecule has 1 saturated heterocycles. The molecule has 2 aromatic carbocycles. The zero-order valence-corrected chi connectivity index (χ0v) is 19.8. The Morgan fingerprint density at radius 1 is 1.09 bits per heavy atom. The second-order valence-electron chi connectivity index (χ2n) is 7.48. The summed E-state index contributed by atoms with van der Waals surface area (Å²) in [6.07, 6.45) is 0. The Kier molecular flexibility index (Phi) is 6.47. The van der Waals surface area contributed by atoms with Crippen LogP contribution in [-0.4, -0.2) is 60.5 Å². The molecular weight excluding hydrogens is 508 g/mol. The van der Waals surface area contributed by atoms with Gasteiger partial charge in [0.25, 0.3) is 11.8 Å². The lowest BCUT2D eigenvalue weighted by Crippen LogP contribution is -2.43. The first kappa shape index (κ1) is 23.9. The van der Waals surface area contributed by atoms with E-state index in [1.807, 2.05) is 0 Å². The summed E-state index contributed by atoms with van der Waals surface area (Å²) < 4.78 is 32.9. The molecule has 0 aliphatic carbocycles.